The summed E-state index contributed by atoms with van der Waals surface area (Å²) in [6.45, 7) is 8.19. The topological polar surface area (TPSA) is 113 Å². The number of hydrogen-bond donors (Lipinski definition) is 3. The van der Waals surface area contributed by atoms with Crippen LogP contribution in [-0.2, 0) is 11.3 Å². The molecule has 1 aliphatic rings. The monoisotopic (exact) mass is 646 g/mol. The number of ether oxygens (including phenoxy) is 3. The van der Waals surface area contributed by atoms with Gasteiger partial charge in [-0.3, -0.25) is 9.69 Å². The molecule has 0 radical (unpaired) electrons. The molecule has 3 N–H and O–H groups in total. The van der Waals surface area contributed by atoms with Gasteiger partial charge in [-0.1, -0.05) is 37.3 Å². The fraction of sp³-hybridized carbons (Fsp3) is 0.459. The predicted octanol–water partition coefficient (Wildman–Crippen LogP) is 6.27. The number of amides is 3. The lowest BCUT2D eigenvalue weighted by molar-refractivity contribution is -0.0177. The van der Waals surface area contributed by atoms with Crippen LogP contribution in [0.2, 0.25) is 0 Å². The Morgan fingerprint density at radius 1 is 1.04 bits per heavy atom. The maximum absolute atomic E-state index is 14.4. The van der Waals surface area contributed by atoms with Crippen molar-refractivity contribution in [1.82, 2.24) is 9.80 Å². The first kappa shape index (κ1) is 35.7. The molecule has 0 saturated heterocycles. The second-order valence-corrected chi connectivity index (χ2v) is 12.5. The number of rotatable bonds is 9. The zero-order valence-electron chi connectivity index (χ0n) is 28.3. The highest BCUT2D eigenvalue weighted by atomic mass is 16.5. The summed E-state index contributed by atoms with van der Waals surface area (Å²) in [4.78, 5) is 31.2. The molecule has 0 saturated carbocycles. The van der Waals surface area contributed by atoms with Gasteiger partial charge in [-0.2, -0.15) is 0 Å². The number of nitrogens with one attached hydrogen (secondary N) is 2. The molecular formula is C37H50N4O6. The Hall–Kier alpha value is -4.12. The highest BCUT2D eigenvalue weighted by molar-refractivity contribution is 6.02. The minimum Gasteiger partial charge on any atom is -0.497 e. The van der Waals surface area contributed by atoms with E-state index in [2.05, 4.69) is 41.6 Å². The largest absolute Gasteiger partial charge is 0.497 e. The average molecular weight is 647 g/mol. The summed E-state index contributed by atoms with van der Waals surface area (Å²) < 4.78 is 18.0. The van der Waals surface area contributed by atoms with E-state index < -0.39 is 12.1 Å². The number of aliphatic hydroxyl groups excluding tert-OH is 1. The first-order valence-electron chi connectivity index (χ1n) is 16.5. The van der Waals surface area contributed by atoms with Crippen molar-refractivity contribution in [3.63, 3.8) is 0 Å². The number of methoxy groups -OCH3 is 1. The third-order valence-corrected chi connectivity index (χ3v) is 8.44. The van der Waals surface area contributed by atoms with Crippen molar-refractivity contribution < 1.29 is 28.9 Å². The predicted molar refractivity (Wildman–Crippen MR) is 185 cm³/mol. The van der Waals surface area contributed by atoms with E-state index in [9.17, 15) is 14.7 Å². The minimum atomic E-state index is -0.458. The number of nitrogens with zero attached hydrogens (tertiary/aromatic N) is 2. The van der Waals surface area contributed by atoms with E-state index in [4.69, 9.17) is 14.2 Å². The molecule has 3 aromatic carbocycles. The number of anilines is 2. The van der Waals surface area contributed by atoms with E-state index in [-0.39, 0.29) is 30.6 Å². The van der Waals surface area contributed by atoms with Crippen LogP contribution in [0.25, 0.3) is 0 Å². The third-order valence-electron chi connectivity index (χ3n) is 8.44. The van der Waals surface area contributed by atoms with Crippen molar-refractivity contribution in [2.24, 2.45) is 5.92 Å². The van der Waals surface area contributed by atoms with Crippen LogP contribution < -0.4 is 20.1 Å². The van der Waals surface area contributed by atoms with Crippen LogP contribution in [0, 0.1) is 5.92 Å². The highest BCUT2D eigenvalue weighted by Gasteiger charge is 2.30. The SMILES string of the molecule is COc1ccc(NC(=O)Nc2ccc3c(c2)C(=O)N([C@H](C)CO)C[C@H](C)[C@@H](CN(C)Cc2ccccc2)OCCCC[C@H](C)O3)cc1. The van der Waals surface area contributed by atoms with Crippen molar-refractivity contribution in [2.45, 2.75) is 64.8 Å². The molecule has 0 spiro atoms. The Bertz CT molecular complexity index is 1420. The molecule has 0 fully saturated rings. The molecule has 1 heterocycles. The number of urea groups is 1. The van der Waals surface area contributed by atoms with Crippen LogP contribution in [0.3, 0.4) is 0 Å². The molecule has 0 aliphatic carbocycles. The zero-order valence-corrected chi connectivity index (χ0v) is 28.3. The van der Waals surface area contributed by atoms with Gasteiger partial charge in [0.05, 0.1) is 37.5 Å². The maximum Gasteiger partial charge on any atom is 0.323 e. The first-order valence-corrected chi connectivity index (χ1v) is 16.5. The molecule has 0 unspecified atom stereocenters. The first-order chi connectivity index (χ1) is 22.7. The second-order valence-electron chi connectivity index (χ2n) is 12.5. The molecule has 3 aromatic rings. The number of carbonyl (C=O) groups is 2. The van der Waals surface area contributed by atoms with Crippen molar-refractivity contribution >= 4 is 23.3 Å². The number of carbonyl (C=O) groups excluding carboxylic acids is 2. The van der Waals surface area contributed by atoms with Crippen molar-refractivity contribution in [2.75, 3.05) is 51.1 Å². The number of fused-ring (bicyclic) bond motifs is 1. The van der Waals surface area contributed by atoms with Crippen LogP contribution in [0.5, 0.6) is 11.5 Å². The van der Waals surface area contributed by atoms with Crippen LogP contribution >= 0.6 is 0 Å². The van der Waals surface area contributed by atoms with E-state index in [0.29, 0.717) is 48.1 Å². The number of likely N-dealkylation sites (N-methyl/N-ethyl adjacent to an activating group) is 1. The molecule has 0 bridgehead atoms. The lowest BCUT2D eigenvalue weighted by atomic mass is 10.0. The van der Waals surface area contributed by atoms with Crippen LogP contribution in [-0.4, -0.2) is 85.6 Å². The summed E-state index contributed by atoms with van der Waals surface area (Å²) in [5.41, 5.74) is 2.58. The molecule has 10 heteroatoms. The maximum atomic E-state index is 14.4. The van der Waals surface area contributed by atoms with Gasteiger partial charge in [0.15, 0.2) is 0 Å². The number of hydrogen-bond acceptors (Lipinski definition) is 7. The summed E-state index contributed by atoms with van der Waals surface area (Å²) in [5, 5.41) is 15.9. The Balaban J connectivity index is 1.57. The lowest BCUT2D eigenvalue weighted by Crippen LogP contribution is -2.47. The van der Waals surface area contributed by atoms with Crippen molar-refractivity contribution in [1.29, 1.82) is 0 Å². The van der Waals surface area contributed by atoms with Gasteiger partial charge in [-0.15, -0.1) is 0 Å². The average Bonchev–Trinajstić information content (AvgIpc) is 3.06. The molecule has 47 heavy (non-hydrogen) atoms. The van der Waals surface area contributed by atoms with E-state index in [1.807, 2.05) is 32.0 Å². The summed E-state index contributed by atoms with van der Waals surface area (Å²) in [5.74, 6) is 0.809. The summed E-state index contributed by atoms with van der Waals surface area (Å²) in [6.07, 6.45) is 2.34. The summed E-state index contributed by atoms with van der Waals surface area (Å²) >= 11 is 0. The van der Waals surface area contributed by atoms with E-state index >= 15 is 0 Å². The molecule has 254 valence electrons. The molecule has 3 amide bonds. The van der Waals surface area contributed by atoms with E-state index in [1.54, 1.807) is 54.5 Å². The quantitative estimate of drug-likeness (QED) is 0.251. The fourth-order valence-corrected chi connectivity index (χ4v) is 5.70. The van der Waals surface area contributed by atoms with E-state index in [0.717, 1.165) is 25.8 Å². The molecular weight excluding hydrogens is 596 g/mol. The smallest absolute Gasteiger partial charge is 0.323 e. The van der Waals surface area contributed by atoms with Gasteiger partial charge in [0.1, 0.15) is 11.5 Å². The van der Waals surface area contributed by atoms with Crippen LogP contribution in [0.15, 0.2) is 72.8 Å². The van der Waals surface area contributed by atoms with Gasteiger partial charge in [0, 0.05) is 43.5 Å². The Morgan fingerprint density at radius 3 is 2.45 bits per heavy atom. The van der Waals surface area contributed by atoms with Crippen molar-refractivity contribution in [3.05, 3.63) is 83.9 Å². The van der Waals surface area contributed by atoms with Gasteiger partial charge >= 0.3 is 6.03 Å². The highest BCUT2D eigenvalue weighted by Crippen LogP contribution is 2.29. The molecule has 1 aliphatic heterocycles. The number of benzene rings is 3. The fourth-order valence-electron chi connectivity index (χ4n) is 5.70. The Labute approximate surface area is 279 Å². The summed E-state index contributed by atoms with van der Waals surface area (Å²) in [7, 11) is 3.67. The zero-order chi connectivity index (χ0) is 33.8. The number of aliphatic hydroxyl groups is 1. The Morgan fingerprint density at radius 2 is 1.74 bits per heavy atom. The van der Waals surface area contributed by atoms with Gasteiger partial charge in [0.25, 0.3) is 5.91 Å². The molecule has 10 nitrogen and oxygen atoms in total. The second kappa shape index (κ2) is 17.7. The van der Waals surface area contributed by atoms with Crippen LogP contribution in [0.4, 0.5) is 16.2 Å². The van der Waals surface area contributed by atoms with Crippen molar-refractivity contribution in [3.8, 4) is 11.5 Å². The van der Waals surface area contributed by atoms with Gasteiger partial charge < -0.3 is 34.9 Å². The van der Waals surface area contributed by atoms with Gasteiger partial charge in [-0.25, -0.2) is 4.79 Å². The molecule has 4 atom stereocenters. The normalized spacial score (nSPS) is 20.0. The standard InChI is InChI=1S/C37H50N4O6/c1-26-22-41(27(2)25-42)36(43)33-21-31(39-37(44)38-30-14-17-32(45-5)18-15-30)16-19-34(33)47-28(3)11-9-10-20-46-35(26)24-40(4)23-29-12-7-6-8-13-29/h6-8,12-19,21,26-28,35,42H,9-11,20,22-25H2,1-5H3,(H2,38,39,44)/t26-,27+,28-,35+/m0/s1. The van der Waals surface area contributed by atoms with Gasteiger partial charge in [-0.05, 0) is 88.2 Å². The Kier molecular flexibility index (Phi) is 13.5. The van der Waals surface area contributed by atoms with Crippen LogP contribution in [0.1, 0.15) is 56.0 Å². The third kappa shape index (κ3) is 10.7. The minimum absolute atomic E-state index is 0.0333. The van der Waals surface area contributed by atoms with E-state index in [1.165, 1.54) is 5.56 Å². The lowest BCUT2D eigenvalue weighted by Gasteiger charge is -2.36. The molecule has 4 rings (SSSR count). The van der Waals surface area contributed by atoms with Gasteiger partial charge in [0.2, 0.25) is 0 Å². The molecule has 0 aromatic heterocycles. The summed E-state index contributed by atoms with van der Waals surface area (Å²) in [6, 6.07) is 21.5.